The maximum absolute atomic E-state index is 12.6. The van der Waals surface area contributed by atoms with E-state index in [2.05, 4.69) is 4.74 Å². The number of likely N-dealkylation sites (tertiary alicyclic amines) is 1. The van der Waals surface area contributed by atoms with E-state index in [4.69, 9.17) is 5.11 Å². The second-order valence-corrected chi connectivity index (χ2v) is 9.19. The van der Waals surface area contributed by atoms with Crippen molar-refractivity contribution < 1.29 is 32.6 Å². The van der Waals surface area contributed by atoms with Crippen LogP contribution in [0.1, 0.15) is 26.7 Å². The van der Waals surface area contributed by atoms with E-state index in [1.54, 1.807) is 0 Å². The van der Waals surface area contributed by atoms with E-state index in [1.807, 2.05) is 0 Å². The van der Waals surface area contributed by atoms with Gasteiger partial charge in [-0.25, -0.2) is 8.42 Å². The van der Waals surface area contributed by atoms with Crippen molar-refractivity contribution in [2.45, 2.75) is 32.7 Å². The van der Waals surface area contributed by atoms with Gasteiger partial charge in [0.15, 0.2) is 0 Å². The first-order chi connectivity index (χ1) is 11.5. The van der Waals surface area contributed by atoms with Crippen LogP contribution in [0.5, 0.6) is 0 Å². The van der Waals surface area contributed by atoms with Crippen molar-refractivity contribution in [1.29, 1.82) is 0 Å². The average Bonchev–Trinajstić information content (AvgIpc) is 3.11. The molecule has 0 aliphatic carbocycles. The van der Waals surface area contributed by atoms with Crippen molar-refractivity contribution in [3.05, 3.63) is 0 Å². The molecule has 2 aliphatic rings. The Balaban J connectivity index is 2.03. The van der Waals surface area contributed by atoms with Crippen LogP contribution in [0.3, 0.4) is 0 Å². The molecule has 0 bridgehead atoms. The Morgan fingerprint density at radius 1 is 1.32 bits per heavy atom. The maximum Gasteiger partial charge on any atom is 0.312 e. The second-order valence-electron chi connectivity index (χ2n) is 7.22. The fourth-order valence-corrected chi connectivity index (χ4v) is 5.35. The molecule has 0 aromatic heterocycles. The van der Waals surface area contributed by atoms with Gasteiger partial charge in [-0.2, -0.15) is 4.31 Å². The van der Waals surface area contributed by atoms with E-state index in [-0.39, 0.29) is 43.8 Å². The molecule has 2 atom stereocenters. The van der Waals surface area contributed by atoms with Gasteiger partial charge < -0.3 is 14.7 Å². The van der Waals surface area contributed by atoms with E-state index < -0.39 is 33.3 Å². The van der Waals surface area contributed by atoms with E-state index in [9.17, 15) is 22.8 Å². The largest absolute Gasteiger partial charge is 0.481 e. The standard InChI is InChI=1S/C15H24N2O7S/c1-15(2,14(21)24-3)9-25(22,23)16-5-4-11(8-16)17-7-10(13(19)20)6-12(17)18/h10-11H,4-9H2,1-3H3,(H,19,20). The van der Waals surface area contributed by atoms with Gasteiger partial charge in [0, 0.05) is 32.1 Å². The first-order valence-electron chi connectivity index (χ1n) is 8.06. The lowest BCUT2D eigenvalue weighted by Gasteiger charge is -2.26. The van der Waals surface area contributed by atoms with Crippen molar-refractivity contribution in [3.63, 3.8) is 0 Å². The summed E-state index contributed by atoms with van der Waals surface area (Å²) in [6.07, 6.45) is 0.407. The van der Waals surface area contributed by atoms with Crippen LogP contribution in [0.2, 0.25) is 0 Å². The van der Waals surface area contributed by atoms with Gasteiger partial charge >= 0.3 is 11.9 Å². The smallest absolute Gasteiger partial charge is 0.312 e. The highest BCUT2D eigenvalue weighted by molar-refractivity contribution is 7.89. The van der Waals surface area contributed by atoms with Gasteiger partial charge in [-0.1, -0.05) is 0 Å². The molecule has 0 aromatic carbocycles. The lowest BCUT2D eigenvalue weighted by atomic mass is 9.97. The Morgan fingerprint density at radius 3 is 2.48 bits per heavy atom. The summed E-state index contributed by atoms with van der Waals surface area (Å²) in [5.41, 5.74) is -1.18. The van der Waals surface area contributed by atoms with Gasteiger partial charge in [0.25, 0.3) is 0 Å². The topological polar surface area (TPSA) is 121 Å². The quantitative estimate of drug-likeness (QED) is 0.622. The van der Waals surface area contributed by atoms with Crippen molar-refractivity contribution in [2.75, 3.05) is 32.5 Å². The highest BCUT2D eigenvalue weighted by atomic mass is 32.2. The van der Waals surface area contributed by atoms with Gasteiger partial charge in [-0.15, -0.1) is 0 Å². The van der Waals surface area contributed by atoms with Crippen LogP contribution in [0, 0.1) is 11.3 Å². The van der Waals surface area contributed by atoms with Crippen LogP contribution < -0.4 is 0 Å². The van der Waals surface area contributed by atoms with E-state index >= 15 is 0 Å². The minimum atomic E-state index is -3.70. The number of hydrogen-bond acceptors (Lipinski definition) is 6. The number of rotatable bonds is 6. The predicted molar refractivity (Wildman–Crippen MR) is 87.0 cm³/mol. The number of hydrogen-bond donors (Lipinski definition) is 1. The zero-order valence-electron chi connectivity index (χ0n) is 14.6. The Hall–Kier alpha value is -1.68. The monoisotopic (exact) mass is 376 g/mol. The molecule has 0 aromatic rings. The molecule has 2 aliphatic heterocycles. The molecule has 9 nitrogen and oxygen atoms in total. The summed E-state index contributed by atoms with van der Waals surface area (Å²) < 4.78 is 31.1. The SMILES string of the molecule is COC(=O)C(C)(C)CS(=O)(=O)N1CCC(N2CC(C(=O)O)CC2=O)C1. The summed E-state index contributed by atoms with van der Waals surface area (Å²) in [4.78, 5) is 36.3. The molecular formula is C15H24N2O7S. The zero-order valence-corrected chi connectivity index (χ0v) is 15.4. The van der Waals surface area contributed by atoms with Crippen LogP contribution in [-0.4, -0.2) is 79.1 Å². The number of methoxy groups -OCH3 is 1. The Bertz CT molecular complexity index is 673. The first kappa shape index (κ1) is 19.6. The highest BCUT2D eigenvalue weighted by Crippen LogP contribution is 2.28. The zero-order chi connectivity index (χ0) is 19.0. The number of aliphatic carboxylic acids is 1. The molecular weight excluding hydrogens is 352 g/mol. The molecule has 2 saturated heterocycles. The normalized spacial score (nSPS) is 25.4. The van der Waals surface area contributed by atoms with Crippen molar-refractivity contribution >= 4 is 27.9 Å². The minimum absolute atomic E-state index is 0.0477. The van der Waals surface area contributed by atoms with E-state index in [1.165, 1.54) is 30.2 Å². The molecule has 2 heterocycles. The lowest BCUT2D eigenvalue weighted by molar-refractivity contribution is -0.149. The Kier molecular flexibility index (Phi) is 5.43. The molecule has 10 heteroatoms. The molecule has 1 amide bonds. The number of amides is 1. The molecule has 0 radical (unpaired) electrons. The molecule has 1 N–H and O–H groups in total. The lowest BCUT2D eigenvalue weighted by Crippen LogP contribution is -2.43. The Labute approximate surface area is 147 Å². The fourth-order valence-electron chi connectivity index (χ4n) is 3.35. The summed E-state index contributed by atoms with van der Waals surface area (Å²) in [5.74, 6) is -3.00. The van der Waals surface area contributed by atoms with Gasteiger partial charge in [0.2, 0.25) is 15.9 Å². The van der Waals surface area contributed by atoms with Crippen molar-refractivity contribution in [3.8, 4) is 0 Å². The summed E-state index contributed by atoms with van der Waals surface area (Å²) >= 11 is 0. The number of nitrogens with zero attached hydrogens (tertiary/aromatic N) is 2. The third-order valence-corrected chi connectivity index (χ3v) is 6.95. The number of carboxylic acids is 1. The molecule has 2 fully saturated rings. The third kappa shape index (κ3) is 4.12. The van der Waals surface area contributed by atoms with Crippen LogP contribution in [0.4, 0.5) is 0 Å². The first-order valence-corrected chi connectivity index (χ1v) is 9.67. The highest BCUT2D eigenvalue weighted by Gasteiger charge is 2.44. The fraction of sp³-hybridized carbons (Fsp3) is 0.800. The maximum atomic E-state index is 12.6. The summed E-state index contributed by atoms with van der Waals surface area (Å²) in [6.45, 7) is 3.49. The van der Waals surface area contributed by atoms with Crippen LogP contribution in [0.25, 0.3) is 0 Å². The Morgan fingerprint density at radius 2 is 1.96 bits per heavy atom. The number of carbonyl (C=O) groups excluding carboxylic acids is 2. The van der Waals surface area contributed by atoms with Crippen molar-refractivity contribution in [1.82, 2.24) is 9.21 Å². The van der Waals surface area contributed by atoms with Gasteiger partial charge in [0.05, 0.1) is 24.2 Å². The number of carbonyl (C=O) groups is 3. The van der Waals surface area contributed by atoms with Crippen LogP contribution in [0.15, 0.2) is 0 Å². The van der Waals surface area contributed by atoms with Crippen LogP contribution in [-0.2, 0) is 29.1 Å². The molecule has 0 spiro atoms. The van der Waals surface area contributed by atoms with E-state index in [0.717, 1.165) is 0 Å². The molecule has 2 rings (SSSR count). The minimum Gasteiger partial charge on any atom is -0.481 e. The van der Waals surface area contributed by atoms with Gasteiger partial charge in [-0.3, -0.25) is 14.4 Å². The van der Waals surface area contributed by atoms with Gasteiger partial charge in [0.1, 0.15) is 0 Å². The van der Waals surface area contributed by atoms with E-state index in [0.29, 0.717) is 6.42 Å². The van der Waals surface area contributed by atoms with Crippen molar-refractivity contribution in [2.24, 2.45) is 11.3 Å². The molecule has 2 unspecified atom stereocenters. The summed E-state index contributed by atoms with van der Waals surface area (Å²) in [6, 6.07) is -0.326. The van der Waals surface area contributed by atoms with Gasteiger partial charge in [-0.05, 0) is 20.3 Å². The number of esters is 1. The van der Waals surface area contributed by atoms with Crippen LogP contribution >= 0.6 is 0 Å². The average molecular weight is 376 g/mol. The number of carboxylic acid groups (broad SMARTS) is 1. The third-order valence-electron chi connectivity index (χ3n) is 4.75. The number of ether oxygens (including phenoxy) is 1. The second kappa shape index (κ2) is 6.91. The predicted octanol–water partition coefficient (Wildman–Crippen LogP) is -0.477. The molecule has 25 heavy (non-hydrogen) atoms. The molecule has 142 valence electrons. The number of sulfonamides is 1. The summed E-state index contributed by atoms with van der Waals surface area (Å²) in [7, 11) is -2.50. The molecule has 0 saturated carbocycles. The summed E-state index contributed by atoms with van der Waals surface area (Å²) in [5, 5.41) is 9.05.